The third-order valence-corrected chi connectivity index (χ3v) is 4.00. The van der Waals surface area contributed by atoms with Crippen molar-refractivity contribution in [3.8, 4) is 0 Å². The second-order valence-electron chi connectivity index (χ2n) is 5.54. The van der Waals surface area contributed by atoms with Gasteiger partial charge in [-0.3, -0.25) is 4.79 Å². The average molecular weight is 314 g/mol. The van der Waals surface area contributed by atoms with E-state index in [4.69, 9.17) is 0 Å². The first-order chi connectivity index (χ1) is 11.2. The van der Waals surface area contributed by atoms with Crippen LogP contribution in [0, 0.1) is 5.82 Å². The van der Waals surface area contributed by atoms with E-state index in [2.05, 4.69) is 20.5 Å². The molecule has 1 aromatic carbocycles. The van der Waals surface area contributed by atoms with Gasteiger partial charge < -0.3 is 15.5 Å². The molecule has 1 amide bonds. The fraction of sp³-hybridized carbons (Fsp3) is 0.294. The molecule has 0 aliphatic carbocycles. The lowest BCUT2D eigenvalue weighted by molar-refractivity contribution is 0.0940. The number of nitrogens with zero attached hydrogens (tertiary/aromatic N) is 2. The third kappa shape index (κ3) is 3.41. The van der Waals surface area contributed by atoms with Gasteiger partial charge in [0, 0.05) is 37.9 Å². The van der Waals surface area contributed by atoms with E-state index < -0.39 is 5.82 Å². The Hall–Kier alpha value is -2.63. The van der Waals surface area contributed by atoms with Gasteiger partial charge in [0.15, 0.2) is 0 Å². The van der Waals surface area contributed by atoms with Gasteiger partial charge in [0.1, 0.15) is 11.6 Å². The van der Waals surface area contributed by atoms with Crippen LogP contribution >= 0.6 is 0 Å². The number of amides is 1. The molecule has 1 unspecified atom stereocenters. The molecule has 23 heavy (non-hydrogen) atoms. The summed E-state index contributed by atoms with van der Waals surface area (Å²) in [6.45, 7) is 1.55. The van der Waals surface area contributed by atoms with E-state index in [1.807, 2.05) is 18.2 Å². The molecule has 0 saturated carbocycles. The summed E-state index contributed by atoms with van der Waals surface area (Å²) in [4.78, 5) is 18.7. The summed E-state index contributed by atoms with van der Waals surface area (Å²) in [7, 11) is 1.64. The van der Waals surface area contributed by atoms with Crippen molar-refractivity contribution in [2.75, 3.05) is 30.4 Å². The fourth-order valence-electron chi connectivity index (χ4n) is 2.75. The van der Waals surface area contributed by atoms with Crippen LogP contribution in [-0.4, -0.2) is 37.1 Å². The number of benzene rings is 1. The first kappa shape index (κ1) is 15.3. The molecule has 0 spiro atoms. The highest BCUT2D eigenvalue weighted by Crippen LogP contribution is 2.19. The topological polar surface area (TPSA) is 57.3 Å². The molecule has 1 fully saturated rings. The molecule has 2 N–H and O–H groups in total. The highest BCUT2D eigenvalue weighted by Gasteiger charge is 2.25. The largest absolute Gasteiger partial charge is 0.386 e. The molecule has 1 aliphatic heterocycles. The summed E-state index contributed by atoms with van der Waals surface area (Å²) in [5, 5.41) is 5.70. The van der Waals surface area contributed by atoms with Crippen LogP contribution in [0.3, 0.4) is 0 Å². The van der Waals surface area contributed by atoms with Gasteiger partial charge in [-0.25, -0.2) is 9.37 Å². The van der Waals surface area contributed by atoms with Crippen LogP contribution < -0.4 is 15.5 Å². The standard InChI is InChI=1S/C17H19FN4O/c1-19-15-6-5-12(10-14(15)18)17(23)21-13-7-9-22(11-13)16-4-2-3-8-20-16/h2-6,8,10,13,19H,7,9,11H2,1H3,(H,21,23). The van der Waals surface area contributed by atoms with Gasteiger partial charge in [0.25, 0.3) is 5.91 Å². The zero-order valence-electron chi connectivity index (χ0n) is 12.9. The van der Waals surface area contributed by atoms with E-state index in [9.17, 15) is 9.18 Å². The maximum absolute atomic E-state index is 13.7. The van der Waals surface area contributed by atoms with Gasteiger partial charge in [-0.2, -0.15) is 0 Å². The van der Waals surface area contributed by atoms with E-state index >= 15 is 0 Å². The SMILES string of the molecule is CNc1ccc(C(=O)NC2CCN(c3ccccn3)C2)cc1F. The van der Waals surface area contributed by atoms with Crippen LogP contribution in [0.2, 0.25) is 0 Å². The quantitative estimate of drug-likeness (QED) is 0.909. The number of nitrogens with one attached hydrogen (secondary N) is 2. The summed E-state index contributed by atoms with van der Waals surface area (Å²) in [6.07, 6.45) is 2.60. The van der Waals surface area contributed by atoms with Crippen molar-refractivity contribution in [1.82, 2.24) is 10.3 Å². The van der Waals surface area contributed by atoms with Crippen LogP contribution in [0.5, 0.6) is 0 Å². The normalized spacial score (nSPS) is 17.1. The number of pyridine rings is 1. The molecule has 5 nitrogen and oxygen atoms in total. The minimum atomic E-state index is -0.429. The van der Waals surface area contributed by atoms with Crippen molar-refractivity contribution >= 4 is 17.4 Å². The summed E-state index contributed by atoms with van der Waals surface area (Å²) >= 11 is 0. The van der Waals surface area contributed by atoms with Crippen molar-refractivity contribution in [2.24, 2.45) is 0 Å². The van der Waals surface area contributed by atoms with E-state index in [1.54, 1.807) is 25.4 Å². The number of carbonyl (C=O) groups is 1. The van der Waals surface area contributed by atoms with E-state index in [0.717, 1.165) is 18.8 Å². The zero-order valence-corrected chi connectivity index (χ0v) is 12.9. The van der Waals surface area contributed by atoms with Crippen molar-refractivity contribution < 1.29 is 9.18 Å². The van der Waals surface area contributed by atoms with Crippen molar-refractivity contribution in [3.63, 3.8) is 0 Å². The smallest absolute Gasteiger partial charge is 0.251 e. The summed E-state index contributed by atoms with van der Waals surface area (Å²) in [5.41, 5.74) is 0.710. The molecular formula is C17H19FN4O. The lowest BCUT2D eigenvalue weighted by Crippen LogP contribution is -2.37. The predicted octanol–water partition coefficient (Wildman–Crippen LogP) is 2.27. The fourth-order valence-corrected chi connectivity index (χ4v) is 2.75. The maximum Gasteiger partial charge on any atom is 0.251 e. The molecule has 1 aromatic heterocycles. The molecular weight excluding hydrogens is 295 g/mol. The number of anilines is 2. The van der Waals surface area contributed by atoms with Gasteiger partial charge in [0.05, 0.1) is 5.69 Å². The van der Waals surface area contributed by atoms with Crippen molar-refractivity contribution in [2.45, 2.75) is 12.5 Å². The van der Waals surface area contributed by atoms with Gasteiger partial charge in [-0.15, -0.1) is 0 Å². The minimum absolute atomic E-state index is 0.0385. The molecule has 120 valence electrons. The number of hydrogen-bond acceptors (Lipinski definition) is 4. The molecule has 1 atom stereocenters. The average Bonchev–Trinajstić information content (AvgIpc) is 3.04. The van der Waals surface area contributed by atoms with Gasteiger partial charge in [-0.05, 0) is 36.8 Å². The van der Waals surface area contributed by atoms with Crippen molar-refractivity contribution in [3.05, 3.63) is 54.0 Å². The summed E-state index contributed by atoms with van der Waals surface area (Å²) in [5.74, 6) is 0.231. The Kier molecular flexibility index (Phi) is 4.41. The second-order valence-corrected chi connectivity index (χ2v) is 5.54. The van der Waals surface area contributed by atoms with Crippen molar-refractivity contribution in [1.29, 1.82) is 0 Å². The molecule has 2 aromatic rings. The Labute approximate surface area is 134 Å². The minimum Gasteiger partial charge on any atom is -0.386 e. The molecule has 6 heteroatoms. The molecule has 3 rings (SSSR count). The molecule has 1 aliphatic rings. The molecule has 1 saturated heterocycles. The first-order valence-electron chi connectivity index (χ1n) is 7.61. The number of rotatable bonds is 4. The molecule has 0 bridgehead atoms. The Morgan fingerprint density at radius 1 is 1.35 bits per heavy atom. The lowest BCUT2D eigenvalue weighted by Gasteiger charge is -2.17. The number of carbonyl (C=O) groups excluding carboxylic acids is 1. The number of aromatic nitrogens is 1. The van der Waals surface area contributed by atoms with Gasteiger partial charge in [-0.1, -0.05) is 6.07 Å². The van der Waals surface area contributed by atoms with E-state index in [1.165, 1.54) is 6.07 Å². The maximum atomic E-state index is 13.7. The van der Waals surface area contributed by atoms with Crippen LogP contribution in [0.15, 0.2) is 42.6 Å². The third-order valence-electron chi connectivity index (χ3n) is 4.00. The van der Waals surface area contributed by atoms with Crippen LogP contribution in [0.25, 0.3) is 0 Å². The van der Waals surface area contributed by atoms with Crippen LogP contribution in [0.4, 0.5) is 15.9 Å². The Morgan fingerprint density at radius 2 is 2.22 bits per heavy atom. The predicted molar refractivity (Wildman–Crippen MR) is 88.3 cm³/mol. The second kappa shape index (κ2) is 6.64. The number of hydrogen-bond donors (Lipinski definition) is 2. The zero-order chi connectivity index (χ0) is 16.2. The Morgan fingerprint density at radius 3 is 2.91 bits per heavy atom. The van der Waals surface area contributed by atoms with Crippen LogP contribution in [-0.2, 0) is 0 Å². The van der Waals surface area contributed by atoms with Crippen LogP contribution in [0.1, 0.15) is 16.8 Å². The monoisotopic (exact) mass is 314 g/mol. The van der Waals surface area contributed by atoms with E-state index in [-0.39, 0.29) is 11.9 Å². The number of halogens is 1. The summed E-state index contributed by atoms with van der Waals surface area (Å²) in [6, 6.07) is 10.3. The summed E-state index contributed by atoms with van der Waals surface area (Å²) < 4.78 is 13.7. The van der Waals surface area contributed by atoms with Gasteiger partial charge >= 0.3 is 0 Å². The highest BCUT2D eigenvalue weighted by molar-refractivity contribution is 5.94. The first-order valence-corrected chi connectivity index (χ1v) is 7.61. The highest BCUT2D eigenvalue weighted by atomic mass is 19.1. The Balaban J connectivity index is 1.62. The van der Waals surface area contributed by atoms with E-state index in [0.29, 0.717) is 17.8 Å². The molecule has 0 radical (unpaired) electrons. The molecule has 2 heterocycles. The lowest BCUT2D eigenvalue weighted by atomic mass is 10.1. The Bertz CT molecular complexity index is 692. The van der Waals surface area contributed by atoms with Gasteiger partial charge in [0.2, 0.25) is 0 Å².